The summed E-state index contributed by atoms with van der Waals surface area (Å²) in [6.45, 7) is 0. The first-order chi connectivity index (χ1) is 6.77. The van der Waals surface area contributed by atoms with E-state index < -0.39 is 0 Å². The van der Waals surface area contributed by atoms with Crippen LogP contribution in [-0.2, 0) is 6.42 Å². The first-order valence-electron chi connectivity index (χ1n) is 3.80. The predicted octanol–water partition coefficient (Wildman–Crippen LogP) is -0.737. The lowest BCUT2D eigenvalue weighted by molar-refractivity contribution is -0.807. The Morgan fingerprint density at radius 2 is 2.14 bits per heavy atom. The molecule has 0 aromatic carbocycles. The van der Waals surface area contributed by atoms with Gasteiger partial charge in [0.15, 0.2) is 5.71 Å². The van der Waals surface area contributed by atoms with Gasteiger partial charge in [-0.05, 0) is 4.90 Å². The molecule has 1 heterocycles. The van der Waals surface area contributed by atoms with E-state index in [9.17, 15) is 5.21 Å². The quantitative estimate of drug-likeness (QED) is 0.323. The van der Waals surface area contributed by atoms with Crippen molar-refractivity contribution in [1.82, 2.24) is 5.16 Å². The van der Waals surface area contributed by atoms with E-state index in [1.807, 2.05) is 0 Å². The molecule has 1 aliphatic rings. The number of hydrogen-bond acceptors (Lipinski definition) is 7. The van der Waals surface area contributed by atoms with Crippen LogP contribution in [0, 0.1) is 5.21 Å². The average Bonchev–Trinajstić information content (AvgIpc) is 2.59. The van der Waals surface area contributed by atoms with Crippen molar-refractivity contribution in [1.29, 1.82) is 0 Å². The smallest absolute Gasteiger partial charge is 0.275 e. The number of rotatable bonds is 0. The van der Waals surface area contributed by atoms with Crippen LogP contribution in [0.25, 0.3) is 0 Å². The lowest BCUT2D eigenvalue weighted by Gasteiger charge is -2.07. The summed E-state index contributed by atoms with van der Waals surface area (Å²) in [5, 5.41) is 37.4. The van der Waals surface area contributed by atoms with Crippen molar-refractivity contribution in [3.05, 3.63) is 16.6 Å². The standard InChI is InChI=1S/C6H6N4O4/c11-7-3-1-2-4-6(5(3)8-12)9-14-10(4)13/h11-12H,1-2H2/b7-3+,8-5-. The molecule has 0 spiro atoms. The Balaban J connectivity index is 2.57. The third kappa shape index (κ3) is 1.00. The van der Waals surface area contributed by atoms with Gasteiger partial charge in [-0.1, -0.05) is 10.3 Å². The minimum atomic E-state index is -0.0351. The van der Waals surface area contributed by atoms with Crippen LogP contribution in [0.4, 0.5) is 0 Å². The molecule has 0 unspecified atom stereocenters. The summed E-state index contributed by atoms with van der Waals surface area (Å²) in [7, 11) is 0. The normalized spacial score (nSPS) is 21.4. The van der Waals surface area contributed by atoms with Crippen LogP contribution in [0.1, 0.15) is 17.8 Å². The zero-order valence-corrected chi connectivity index (χ0v) is 6.91. The number of nitrogens with zero attached hydrogens (tertiary/aromatic N) is 4. The third-order valence-electron chi connectivity index (χ3n) is 2.02. The molecule has 0 amide bonds. The highest BCUT2D eigenvalue weighted by molar-refractivity contribution is 6.48. The largest absolute Gasteiger partial charge is 0.411 e. The van der Waals surface area contributed by atoms with Gasteiger partial charge in [-0.2, -0.15) is 0 Å². The fraction of sp³-hybridized carbons (Fsp3) is 0.333. The second-order valence-electron chi connectivity index (χ2n) is 2.72. The lowest BCUT2D eigenvalue weighted by atomic mass is 9.97. The summed E-state index contributed by atoms with van der Waals surface area (Å²) in [6.07, 6.45) is 0.632. The van der Waals surface area contributed by atoms with Crippen LogP contribution < -0.4 is 4.90 Å². The second-order valence-corrected chi connectivity index (χ2v) is 2.72. The lowest BCUT2D eigenvalue weighted by Crippen LogP contribution is -2.34. The Morgan fingerprint density at radius 1 is 1.36 bits per heavy atom. The van der Waals surface area contributed by atoms with Gasteiger partial charge >= 0.3 is 0 Å². The zero-order valence-electron chi connectivity index (χ0n) is 6.91. The molecule has 2 N–H and O–H groups in total. The molecule has 0 saturated carbocycles. The van der Waals surface area contributed by atoms with E-state index in [0.717, 1.165) is 0 Å². The van der Waals surface area contributed by atoms with E-state index in [2.05, 4.69) is 20.1 Å². The monoisotopic (exact) mass is 198 g/mol. The molecule has 1 aliphatic carbocycles. The van der Waals surface area contributed by atoms with Crippen molar-refractivity contribution in [3.63, 3.8) is 0 Å². The van der Waals surface area contributed by atoms with Gasteiger partial charge in [0, 0.05) is 18.0 Å². The Morgan fingerprint density at radius 3 is 2.79 bits per heavy atom. The van der Waals surface area contributed by atoms with E-state index in [1.165, 1.54) is 0 Å². The topological polar surface area (TPSA) is 118 Å². The fourth-order valence-corrected chi connectivity index (χ4v) is 1.35. The summed E-state index contributed by atoms with van der Waals surface area (Å²) in [4.78, 5) is 0.245. The average molecular weight is 198 g/mol. The summed E-state index contributed by atoms with van der Waals surface area (Å²) >= 11 is 0. The van der Waals surface area contributed by atoms with Crippen molar-refractivity contribution < 1.29 is 19.9 Å². The highest BCUT2D eigenvalue weighted by atomic mass is 16.8. The van der Waals surface area contributed by atoms with Gasteiger partial charge in [-0.15, -0.1) is 0 Å². The van der Waals surface area contributed by atoms with Gasteiger partial charge in [-0.3, -0.25) is 4.63 Å². The number of hydrogen-bond donors (Lipinski definition) is 2. The van der Waals surface area contributed by atoms with E-state index in [1.54, 1.807) is 0 Å². The van der Waals surface area contributed by atoms with Crippen molar-refractivity contribution in [2.75, 3.05) is 0 Å². The van der Waals surface area contributed by atoms with Crippen LogP contribution in [0.5, 0.6) is 0 Å². The summed E-state index contributed by atoms with van der Waals surface area (Å²) in [6, 6.07) is 0. The van der Waals surface area contributed by atoms with Crippen molar-refractivity contribution >= 4 is 11.4 Å². The van der Waals surface area contributed by atoms with Gasteiger partial charge in [-0.25, -0.2) is 0 Å². The van der Waals surface area contributed by atoms with Crippen molar-refractivity contribution in [3.8, 4) is 0 Å². The van der Waals surface area contributed by atoms with E-state index in [-0.39, 0.29) is 27.7 Å². The molecule has 0 atom stereocenters. The summed E-state index contributed by atoms with van der Waals surface area (Å²) in [5.74, 6) is 0. The highest BCUT2D eigenvalue weighted by Crippen LogP contribution is 2.15. The first-order valence-corrected chi connectivity index (χ1v) is 3.80. The van der Waals surface area contributed by atoms with Gasteiger partial charge in [0.2, 0.25) is 5.69 Å². The minimum absolute atomic E-state index is 0.0351. The van der Waals surface area contributed by atoms with Crippen LogP contribution in [0.2, 0.25) is 0 Å². The third-order valence-corrected chi connectivity index (χ3v) is 2.02. The molecule has 0 fully saturated rings. The van der Waals surface area contributed by atoms with Crippen LogP contribution in [0.15, 0.2) is 14.9 Å². The number of aromatic nitrogens is 2. The van der Waals surface area contributed by atoms with E-state index in [4.69, 9.17) is 10.4 Å². The SMILES string of the molecule is [O-][n+]1onc2c1CCC(=N\O)/C2=N/O. The Labute approximate surface area is 77.3 Å². The molecular weight excluding hydrogens is 192 g/mol. The van der Waals surface area contributed by atoms with Gasteiger partial charge in [0.1, 0.15) is 5.71 Å². The molecule has 1 aromatic heterocycles. The summed E-state index contributed by atoms with van der Waals surface area (Å²) < 4.78 is 4.32. The number of oxime groups is 2. The predicted molar refractivity (Wildman–Crippen MR) is 41.3 cm³/mol. The Kier molecular flexibility index (Phi) is 1.80. The molecule has 74 valence electrons. The molecule has 2 rings (SSSR count). The minimum Gasteiger partial charge on any atom is -0.411 e. The second kappa shape index (κ2) is 2.98. The molecule has 0 saturated heterocycles. The molecule has 8 nitrogen and oxygen atoms in total. The maximum Gasteiger partial charge on any atom is 0.275 e. The Hall–Kier alpha value is -2.12. The maximum absolute atomic E-state index is 11.0. The molecule has 1 aromatic rings. The molecular formula is C6H6N4O4. The van der Waals surface area contributed by atoms with Crippen LogP contribution >= 0.6 is 0 Å². The van der Waals surface area contributed by atoms with Crippen LogP contribution in [-0.4, -0.2) is 27.0 Å². The van der Waals surface area contributed by atoms with Gasteiger partial charge < -0.3 is 15.6 Å². The molecule has 0 aliphatic heterocycles. The zero-order chi connectivity index (χ0) is 10.1. The molecule has 8 heteroatoms. The van der Waals surface area contributed by atoms with Crippen molar-refractivity contribution in [2.45, 2.75) is 12.8 Å². The molecule has 14 heavy (non-hydrogen) atoms. The van der Waals surface area contributed by atoms with Crippen molar-refractivity contribution in [2.24, 2.45) is 10.3 Å². The molecule has 0 bridgehead atoms. The Bertz CT molecular complexity index is 421. The first kappa shape index (κ1) is 8.48. The fourth-order valence-electron chi connectivity index (χ4n) is 1.35. The van der Waals surface area contributed by atoms with Gasteiger partial charge in [0.25, 0.3) is 5.69 Å². The maximum atomic E-state index is 11.0. The molecule has 0 radical (unpaired) electrons. The number of fused-ring (bicyclic) bond motifs is 1. The van der Waals surface area contributed by atoms with E-state index in [0.29, 0.717) is 12.8 Å². The van der Waals surface area contributed by atoms with Gasteiger partial charge in [0.05, 0.1) is 0 Å². The van der Waals surface area contributed by atoms with Crippen LogP contribution in [0.3, 0.4) is 0 Å². The van der Waals surface area contributed by atoms with E-state index >= 15 is 0 Å². The highest BCUT2D eigenvalue weighted by Gasteiger charge is 2.33. The summed E-state index contributed by atoms with van der Waals surface area (Å²) in [5.41, 5.74) is 0.521.